The maximum atomic E-state index is 12.8. The Morgan fingerprint density at radius 1 is 1.12 bits per heavy atom. The molecule has 0 aliphatic rings. The molecule has 0 spiro atoms. The highest BCUT2D eigenvalue weighted by molar-refractivity contribution is 7.99. The number of hydrogen-bond acceptors (Lipinski definition) is 3. The van der Waals surface area contributed by atoms with Crippen molar-refractivity contribution in [3.8, 4) is 0 Å². The molecular formula is C20H23ClN2O2S. The smallest absolute Gasteiger partial charge is 0.242 e. The van der Waals surface area contributed by atoms with E-state index in [2.05, 4.69) is 5.32 Å². The van der Waals surface area contributed by atoms with E-state index in [4.69, 9.17) is 11.6 Å². The predicted molar refractivity (Wildman–Crippen MR) is 108 cm³/mol. The molecule has 0 aromatic heterocycles. The molecule has 0 aliphatic carbocycles. The Morgan fingerprint density at radius 2 is 1.81 bits per heavy atom. The van der Waals surface area contributed by atoms with Crippen LogP contribution in [-0.2, 0) is 21.9 Å². The molecule has 26 heavy (non-hydrogen) atoms. The number of hydrogen-bond donors (Lipinski definition) is 1. The van der Waals surface area contributed by atoms with Crippen molar-refractivity contribution >= 4 is 35.2 Å². The molecule has 4 nitrogen and oxygen atoms in total. The third kappa shape index (κ3) is 6.07. The van der Waals surface area contributed by atoms with E-state index in [1.54, 1.807) is 18.9 Å². The third-order valence-corrected chi connectivity index (χ3v) is 5.22. The number of carbonyl (C=O) groups excluding carboxylic acids is 2. The first kappa shape index (κ1) is 20.3. The van der Waals surface area contributed by atoms with Crippen LogP contribution in [0.5, 0.6) is 0 Å². The lowest BCUT2D eigenvalue weighted by Gasteiger charge is -2.28. The topological polar surface area (TPSA) is 49.4 Å². The van der Waals surface area contributed by atoms with Crippen LogP contribution in [0.3, 0.4) is 0 Å². The molecule has 0 fully saturated rings. The summed E-state index contributed by atoms with van der Waals surface area (Å²) in [5, 5.41) is 3.31. The van der Waals surface area contributed by atoms with Crippen molar-refractivity contribution in [2.75, 3.05) is 12.8 Å². The van der Waals surface area contributed by atoms with Gasteiger partial charge in [-0.05, 0) is 30.2 Å². The fourth-order valence-electron chi connectivity index (χ4n) is 2.54. The van der Waals surface area contributed by atoms with E-state index in [0.717, 1.165) is 11.1 Å². The first-order valence-corrected chi connectivity index (χ1v) is 9.91. The quantitative estimate of drug-likeness (QED) is 0.747. The van der Waals surface area contributed by atoms with Crippen molar-refractivity contribution in [1.29, 1.82) is 0 Å². The van der Waals surface area contributed by atoms with Gasteiger partial charge in [-0.3, -0.25) is 9.59 Å². The lowest BCUT2D eigenvalue weighted by atomic mass is 10.1. The SMILES string of the molecule is CNC(=O)[C@H](C)N(Cc1ccccc1)C(=O)CSCc1cccc(Cl)c1. The van der Waals surface area contributed by atoms with Crippen LogP contribution in [0.2, 0.25) is 5.02 Å². The van der Waals surface area contributed by atoms with Gasteiger partial charge in [0.15, 0.2) is 0 Å². The summed E-state index contributed by atoms with van der Waals surface area (Å²) in [4.78, 5) is 26.4. The minimum Gasteiger partial charge on any atom is -0.357 e. The highest BCUT2D eigenvalue weighted by atomic mass is 35.5. The Morgan fingerprint density at radius 3 is 2.46 bits per heavy atom. The second-order valence-corrected chi connectivity index (χ2v) is 7.34. The fraction of sp³-hybridized carbons (Fsp3) is 0.300. The molecule has 2 rings (SSSR count). The highest BCUT2D eigenvalue weighted by Gasteiger charge is 2.25. The molecule has 0 aliphatic heterocycles. The van der Waals surface area contributed by atoms with E-state index in [1.807, 2.05) is 54.6 Å². The predicted octanol–water partition coefficient (Wildman–Crippen LogP) is 3.74. The number of likely N-dealkylation sites (N-methyl/N-ethyl adjacent to an activating group) is 1. The molecule has 1 N–H and O–H groups in total. The molecule has 0 saturated heterocycles. The molecule has 1 atom stereocenters. The van der Waals surface area contributed by atoms with E-state index in [9.17, 15) is 9.59 Å². The number of carbonyl (C=O) groups is 2. The highest BCUT2D eigenvalue weighted by Crippen LogP contribution is 2.18. The summed E-state index contributed by atoms with van der Waals surface area (Å²) in [6.07, 6.45) is 0. The second-order valence-electron chi connectivity index (χ2n) is 5.92. The Balaban J connectivity index is 2.01. The number of rotatable bonds is 8. The van der Waals surface area contributed by atoms with E-state index < -0.39 is 6.04 Å². The average Bonchev–Trinajstić information content (AvgIpc) is 2.65. The summed E-state index contributed by atoms with van der Waals surface area (Å²) in [5.74, 6) is 0.770. The van der Waals surface area contributed by atoms with Gasteiger partial charge >= 0.3 is 0 Å². The Hall–Kier alpha value is -1.98. The van der Waals surface area contributed by atoms with Gasteiger partial charge < -0.3 is 10.2 Å². The number of nitrogens with zero attached hydrogens (tertiary/aromatic N) is 1. The summed E-state index contributed by atoms with van der Waals surface area (Å²) in [5.41, 5.74) is 2.07. The van der Waals surface area contributed by atoms with Crippen molar-refractivity contribution in [2.24, 2.45) is 0 Å². The summed E-state index contributed by atoms with van der Waals surface area (Å²) < 4.78 is 0. The number of halogens is 1. The average molecular weight is 391 g/mol. The molecule has 138 valence electrons. The molecule has 2 aromatic rings. The number of benzene rings is 2. The van der Waals surface area contributed by atoms with Crippen LogP contribution >= 0.6 is 23.4 Å². The first-order valence-electron chi connectivity index (χ1n) is 8.38. The summed E-state index contributed by atoms with van der Waals surface area (Å²) in [6, 6.07) is 16.8. The molecular weight excluding hydrogens is 368 g/mol. The minimum atomic E-state index is -0.528. The minimum absolute atomic E-state index is 0.0584. The zero-order chi connectivity index (χ0) is 18.9. The van der Waals surface area contributed by atoms with E-state index in [0.29, 0.717) is 23.1 Å². The van der Waals surface area contributed by atoms with Crippen molar-refractivity contribution < 1.29 is 9.59 Å². The maximum Gasteiger partial charge on any atom is 0.242 e. The molecule has 2 aromatic carbocycles. The van der Waals surface area contributed by atoms with Crippen molar-refractivity contribution in [3.63, 3.8) is 0 Å². The zero-order valence-electron chi connectivity index (χ0n) is 14.9. The molecule has 6 heteroatoms. The lowest BCUT2D eigenvalue weighted by molar-refractivity contribution is -0.138. The normalized spacial score (nSPS) is 11.7. The molecule has 0 bridgehead atoms. The Labute approximate surface area is 163 Å². The van der Waals surface area contributed by atoms with Gasteiger partial charge in [0, 0.05) is 24.4 Å². The zero-order valence-corrected chi connectivity index (χ0v) is 16.5. The van der Waals surface area contributed by atoms with Crippen LogP contribution in [0, 0.1) is 0 Å². The number of amides is 2. The molecule has 0 saturated carbocycles. The first-order chi connectivity index (χ1) is 12.5. The van der Waals surface area contributed by atoms with Gasteiger partial charge in [0.25, 0.3) is 0 Å². The van der Waals surface area contributed by atoms with Crippen LogP contribution in [0.25, 0.3) is 0 Å². The van der Waals surface area contributed by atoms with Crippen LogP contribution < -0.4 is 5.32 Å². The summed E-state index contributed by atoms with van der Waals surface area (Å²) in [6.45, 7) is 2.16. The van der Waals surface area contributed by atoms with E-state index >= 15 is 0 Å². The summed E-state index contributed by atoms with van der Waals surface area (Å²) in [7, 11) is 1.58. The largest absolute Gasteiger partial charge is 0.357 e. The van der Waals surface area contributed by atoms with Gasteiger partial charge in [0.2, 0.25) is 11.8 Å². The molecule has 0 heterocycles. The third-order valence-electron chi connectivity index (χ3n) is 3.99. The van der Waals surface area contributed by atoms with Crippen molar-refractivity contribution in [1.82, 2.24) is 10.2 Å². The van der Waals surface area contributed by atoms with Gasteiger partial charge in [-0.15, -0.1) is 11.8 Å². The van der Waals surface area contributed by atoms with Crippen LogP contribution in [-0.4, -0.2) is 35.6 Å². The van der Waals surface area contributed by atoms with Crippen LogP contribution in [0.15, 0.2) is 54.6 Å². The van der Waals surface area contributed by atoms with Gasteiger partial charge in [0.05, 0.1) is 5.75 Å². The van der Waals surface area contributed by atoms with Crippen molar-refractivity contribution in [3.05, 3.63) is 70.7 Å². The Kier molecular flexibility index (Phi) is 8.01. The monoisotopic (exact) mass is 390 g/mol. The molecule has 0 radical (unpaired) electrons. The Bertz CT molecular complexity index is 740. The maximum absolute atomic E-state index is 12.8. The van der Waals surface area contributed by atoms with Crippen molar-refractivity contribution in [2.45, 2.75) is 25.3 Å². The fourth-order valence-corrected chi connectivity index (χ4v) is 3.61. The van der Waals surface area contributed by atoms with Gasteiger partial charge in [-0.25, -0.2) is 0 Å². The number of thioether (sulfide) groups is 1. The van der Waals surface area contributed by atoms with Gasteiger partial charge in [-0.1, -0.05) is 54.1 Å². The van der Waals surface area contributed by atoms with Crippen LogP contribution in [0.4, 0.5) is 0 Å². The molecule has 2 amide bonds. The van der Waals surface area contributed by atoms with E-state index in [-0.39, 0.29) is 11.8 Å². The van der Waals surface area contributed by atoms with Gasteiger partial charge in [0.1, 0.15) is 6.04 Å². The van der Waals surface area contributed by atoms with E-state index in [1.165, 1.54) is 11.8 Å². The second kappa shape index (κ2) is 10.2. The lowest BCUT2D eigenvalue weighted by Crippen LogP contribution is -2.47. The molecule has 0 unspecified atom stereocenters. The van der Waals surface area contributed by atoms with Crippen LogP contribution in [0.1, 0.15) is 18.1 Å². The number of nitrogens with one attached hydrogen (secondary N) is 1. The standard InChI is InChI=1S/C20H23ClN2O2S/c1-15(20(25)22-2)23(12-16-7-4-3-5-8-16)19(24)14-26-13-17-9-6-10-18(21)11-17/h3-11,15H,12-14H2,1-2H3,(H,22,25)/t15-/m0/s1. The van der Waals surface area contributed by atoms with Gasteiger partial charge in [-0.2, -0.15) is 0 Å². The summed E-state index contributed by atoms with van der Waals surface area (Å²) >= 11 is 7.51.